The van der Waals surface area contributed by atoms with Crippen LogP contribution in [-0.2, 0) is 17.8 Å². The number of benzene rings is 2. The van der Waals surface area contributed by atoms with Crippen LogP contribution in [0.5, 0.6) is 11.5 Å². The van der Waals surface area contributed by atoms with Crippen LogP contribution in [0.25, 0.3) is 0 Å². The van der Waals surface area contributed by atoms with Gasteiger partial charge in [-0.1, -0.05) is 24.3 Å². The van der Waals surface area contributed by atoms with Crippen LogP contribution in [0.3, 0.4) is 0 Å². The number of rotatable bonds is 10. The summed E-state index contributed by atoms with van der Waals surface area (Å²) in [5.41, 5.74) is 1.58. The number of aliphatic hydroxyl groups is 1. The number of methoxy groups -OCH3 is 2. The van der Waals surface area contributed by atoms with E-state index in [1.54, 1.807) is 26.4 Å². The maximum absolute atomic E-state index is 13.3. The lowest BCUT2D eigenvalue weighted by atomic mass is 10.1. The van der Waals surface area contributed by atoms with Crippen molar-refractivity contribution in [2.24, 2.45) is 0 Å². The van der Waals surface area contributed by atoms with E-state index >= 15 is 0 Å². The van der Waals surface area contributed by atoms with E-state index in [2.05, 4.69) is 4.90 Å². The van der Waals surface area contributed by atoms with Crippen molar-refractivity contribution < 1.29 is 23.7 Å². The summed E-state index contributed by atoms with van der Waals surface area (Å²) in [4.78, 5) is 2.08. The van der Waals surface area contributed by atoms with Crippen molar-refractivity contribution in [3.63, 3.8) is 0 Å². The SMILES string of the molecule is COc1cccc(CN(Cc2ccc(F)cc2)CC(O)COC(C)(C)C)c1OC. The molecule has 0 aliphatic carbocycles. The summed E-state index contributed by atoms with van der Waals surface area (Å²) in [6.45, 7) is 7.58. The molecule has 0 aliphatic rings. The van der Waals surface area contributed by atoms with Gasteiger partial charge in [0.05, 0.1) is 32.5 Å². The van der Waals surface area contributed by atoms with Crippen LogP contribution in [0.1, 0.15) is 31.9 Å². The Morgan fingerprint density at radius 1 is 1.00 bits per heavy atom. The highest BCUT2D eigenvalue weighted by molar-refractivity contribution is 5.46. The Labute approximate surface area is 173 Å². The van der Waals surface area contributed by atoms with Gasteiger partial charge in [0.15, 0.2) is 11.5 Å². The Morgan fingerprint density at radius 3 is 2.28 bits per heavy atom. The molecule has 0 saturated heterocycles. The Balaban J connectivity index is 2.19. The fraction of sp³-hybridized carbons (Fsp3) is 0.478. The maximum Gasteiger partial charge on any atom is 0.165 e. The molecule has 160 valence electrons. The number of aliphatic hydroxyl groups excluding tert-OH is 1. The first kappa shape index (κ1) is 23.1. The lowest BCUT2D eigenvalue weighted by molar-refractivity contribution is -0.0573. The zero-order valence-electron chi connectivity index (χ0n) is 17.9. The van der Waals surface area contributed by atoms with Gasteiger partial charge < -0.3 is 19.3 Å². The molecule has 0 bridgehead atoms. The van der Waals surface area contributed by atoms with Crippen LogP contribution in [-0.4, -0.2) is 49.1 Å². The smallest absolute Gasteiger partial charge is 0.165 e. The molecule has 0 aliphatic heterocycles. The molecule has 0 spiro atoms. The molecule has 1 N–H and O–H groups in total. The van der Waals surface area contributed by atoms with Crippen molar-refractivity contribution in [2.45, 2.75) is 45.6 Å². The van der Waals surface area contributed by atoms with Gasteiger partial charge in [-0.25, -0.2) is 4.39 Å². The second-order valence-corrected chi connectivity index (χ2v) is 8.03. The molecule has 29 heavy (non-hydrogen) atoms. The molecule has 0 amide bonds. The molecule has 2 rings (SSSR count). The van der Waals surface area contributed by atoms with Crippen LogP contribution in [0.2, 0.25) is 0 Å². The molecule has 2 aromatic carbocycles. The predicted molar refractivity (Wildman–Crippen MR) is 112 cm³/mol. The van der Waals surface area contributed by atoms with Gasteiger partial charge in [-0.15, -0.1) is 0 Å². The van der Waals surface area contributed by atoms with Crippen LogP contribution in [0.4, 0.5) is 4.39 Å². The highest BCUT2D eigenvalue weighted by atomic mass is 19.1. The molecule has 6 heteroatoms. The third-order valence-electron chi connectivity index (χ3n) is 4.38. The second kappa shape index (κ2) is 10.6. The lowest BCUT2D eigenvalue weighted by Crippen LogP contribution is -2.36. The topological polar surface area (TPSA) is 51.2 Å². The zero-order chi connectivity index (χ0) is 21.4. The first-order chi connectivity index (χ1) is 13.7. The number of hydrogen-bond donors (Lipinski definition) is 1. The summed E-state index contributed by atoms with van der Waals surface area (Å²) in [5.74, 6) is 1.05. The van der Waals surface area contributed by atoms with Crippen LogP contribution in [0, 0.1) is 5.82 Å². The fourth-order valence-corrected chi connectivity index (χ4v) is 3.05. The summed E-state index contributed by atoms with van der Waals surface area (Å²) in [7, 11) is 3.21. The van der Waals surface area contributed by atoms with Gasteiger partial charge in [-0.2, -0.15) is 0 Å². The fourth-order valence-electron chi connectivity index (χ4n) is 3.05. The largest absolute Gasteiger partial charge is 0.493 e. The van der Waals surface area contributed by atoms with Crippen molar-refractivity contribution >= 4 is 0 Å². The van der Waals surface area contributed by atoms with E-state index < -0.39 is 6.10 Å². The third kappa shape index (κ3) is 7.65. The standard InChI is InChI=1S/C23H32FNO4/c1-23(2,3)29-16-20(26)15-25(13-17-9-11-19(24)12-10-17)14-18-7-6-8-21(27-4)22(18)28-5/h6-12,20,26H,13-16H2,1-5H3. The molecule has 0 heterocycles. The number of nitrogens with zero attached hydrogens (tertiary/aromatic N) is 1. The average Bonchev–Trinajstić information content (AvgIpc) is 2.67. The van der Waals surface area contributed by atoms with Gasteiger partial charge in [0, 0.05) is 25.2 Å². The molecule has 0 fully saturated rings. The second-order valence-electron chi connectivity index (χ2n) is 8.03. The first-order valence-electron chi connectivity index (χ1n) is 9.70. The van der Waals surface area contributed by atoms with Crippen molar-refractivity contribution in [2.75, 3.05) is 27.4 Å². The van der Waals surface area contributed by atoms with Gasteiger partial charge in [-0.05, 0) is 44.5 Å². The monoisotopic (exact) mass is 405 g/mol. The zero-order valence-corrected chi connectivity index (χ0v) is 17.9. The Kier molecular flexibility index (Phi) is 8.44. The van der Waals surface area contributed by atoms with E-state index in [1.165, 1.54) is 12.1 Å². The molecule has 1 unspecified atom stereocenters. The van der Waals surface area contributed by atoms with E-state index in [4.69, 9.17) is 14.2 Å². The van der Waals surface area contributed by atoms with Gasteiger partial charge in [0.2, 0.25) is 0 Å². The van der Waals surface area contributed by atoms with Gasteiger partial charge in [0.1, 0.15) is 5.82 Å². The Bertz CT molecular complexity index is 758. The van der Waals surface area contributed by atoms with Crippen molar-refractivity contribution in [1.29, 1.82) is 0 Å². The maximum atomic E-state index is 13.3. The summed E-state index contributed by atoms with van der Waals surface area (Å²) < 4.78 is 29.9. The Morgan fingerprint density at radius 2 is 1.69 bits per heavy atom. The predicted octanol–water partition coefficient (Wildman–Crippen LogP) is 4.02. The normalized spacial score (nSPS) is 12.8. The summed E-state index contributed by atoms with van der Waals surface area (Å²) in [6, 6.07) is 12.1. The van der Waals surface area contributed by atoms with Crippen molar-refractivity contribution in [1.82, 2.24) is 4.90 Å². The minimum atomic E-state index is -0.661. The molecule has 5 nitrogen and oxygen atoms in total. The van der Waals surface area contributed by atoms with Crippen LogP contribution in [0.15, 0.2) is 42.5 Å². The summed E-state index contributed by atoms with van der Waals surface area (Å²) in [6.07, 6.45) is -0.661. The van der Waals surface area contributed by atoms with Gasteiger partial charge >= 0.3 is 0 Å². The lowest BCUT2D eigenvalue weighted by Gasteiger charge is -2.28. The highest BCUT2D eigenvalue weighted by Gasteiger charge is 2.19. The first-order valence-corrected chi connectivity index (χ1v) is 9.70. The molecule has 0 radical (unpaired) electrons. The van der Waals surface area contributed by atoms with Crippen molar-refractivity contribution in [3.05, 3.63) is 59.4 Å². The molecular formula is C23H32FNO4. The molecule has 2 aromatic rings. The summed E-state index contributed by atoms with van der Waals surface area (Å²) >= 11 is 0. The van der Waals surface area contributed by atoms with Gasteiger partial charge in [-0.3, -0.25) is 4.90 Å². The van der Waals surface area contributed by atoms with E-state index in [9.17, 15) is 9.50 Å². The van der Waals surface area contributed by atoms with Crippen LogP contribution >= 0.6 is 0 Å². The number of ether oxygens (including phenoxy) is 3. The number of halogens is 1. The summed E-state index contributed by atoms with van der Waals surface area (Å²) in [5, 5.41) is 10.5. The van der Waals surface area contributed by atoms with E-state index in [1.807, 2.05) is 39.0 Å². The van der Waals surface area contributed by atoms with Crippen molar-refractivity contribution in [3.8, 4) is 11.5 Å². The molecule has 0 aromatic heterocycles. The van der Waals surface area contributed by atoms with E-state index in [0.29, 0.717) is 31.1 Å². The Hall–Kier alpha value is -2.15. The average molecular weight is 406 g/mol. The third-order valence-corrected chi connectivity index (χ3v) is 4.38. The minimum Gasteiger partial charge on any atom is -0.493 e. The molecular weight excluding hydrogens is 373 g/mol. The van der Waals surface area contributed by atoms with Gasteiger partial charge in [0.25, 0.3) is 0 Å². The highest BCUT2D eigenvalue weighted by Crippen LogP contribution is 2.31. The molecule has 1 atom stereocenters. The van der Waals surface area contributed by atoms with Crippen LogP contribution < -0.4 is 9.47 Å². The van der Waals surface area contributed by atoms with E-state index in [-0.39, 0.29) is 18.0 Å². The number of hydrogen-bond acceptors (Lipinski definition) is 5. The minimum absolute atomic E-state index is 0.235. The quantitative estimate of drug-likeness (QED) is 0.647. The van der Waals surface area contributed by atoms with E-state index in [0.717, 1.165) is 11.1 Å². The molecule has 0 saturated carbocycles. The number of para-hydroxylation sites is 1.